The minimum Gasteiger partial charge on any atom is -0.394 e. The second kappa shape index (κ2) is 59.5. The molecule has 0 spiro atoms. The summed E-state index contributed by atoms with van der Waals surface area (Å²) in [6, 6.07) is -0.814. The highest BCUT2D eigenvalue weighted by atomic mass is 16.7. The minimum absolute atomic E-state index is 0.181. The van der Waals surface area contributed by atoms with Gasteiger partial charge in [-0.3, -0.25) is 4.79 Å². The quantitative estimate of drug-likeness (QED) is 0.0261. The number of nitrogens with one attached hydrogen (secondary N) is 1. The van der Waals surface area contributed by atoms with Gasteiger partial charge in [-0.2, -0.15) is 0 Å². The van der Waals surface area contributed by atoms with Crippen molar-refractivity contribution in [1.82, 2.24) is 5.32 Å². The Hall–Kier alpha value is -2.63. The number of aliphatic hydroxyl groups excluding tert-OH is 5. The molecule has 1 fully saturated rings. The van der Waals surface area contributed by atoms with Crippen molar-refractivity contribution in [3.8, 4) is 0 Å². The molecule has 9 nitrogen and oxygen atoms in total. The van der Waals surface area contributed by atoms with E-state index in [2.05, 4.69) is 92.1 Å². The molecule has 1 rings (SSSR count). The average molecular weight is 1120 g/mol. The third-order valence-corrected chi connectivity index (χ3v) is 15.7. The number of aliphatic hydroxyl groups is 5. The molecular weight excluding hydrogens is 995 g/mol. The Bertz CT molecular complexity index is 1540. The Labute approximate surface area is 492 Å². The van der Waals surface area contributed by atoms with Crippen molar-refractivity contribution in [3.05, 3.63) is 85.1 Å². The first-order valence-corrected chi connectivity index (χ1v) is 33.8. The molecule has 9 heteroatoms. The zero-order valence-corrected chi connectivity index (χ0v) is 51.8. The molecule has 1 amide bonds. The van der Waals surface area contributed by atoms with Crippen molar-refractivity contribution in [2.75, 3.05) is 13.2 Å². The molecule has 0 radical (unpaired) electrons. The van der Waals surface area contributed by atoms with Crippen molar-refractivity contribution in [1.29, 1.82) is 0 Å². The monoisotopic (exact) mass is 1120 g/mol. The van der Waals surface area contributed by atoms with Crippen LogP contribution >= 0.6 is 0 Å². The molecule has 6 N–H and O–H groups in total. The third kappa shape index (κ3) is 47.8. The van der Waals surface area contributed by atoms with Gasteiger partial charge in [0.05, 0.1) is 25.4 Å². The highest BCUT2D eigenvalue weighted by molar-refractivity contribution is 5.76. The lowest BCUT2D eigenvalue weighted by Crippen LogP contribution is -2.60. The molecule has 1 aliphatic heterocycles. The van der Waals surface area contributed by atoms with Gasteiger partial charge in [0.1, 0.15) is 24.4 Å². The number of carbonyl (C=O) groups excluding carboxylic acids is 1. The fraction of sp³-hybridized carbons (Fsp3) is 0.789. The summed E-state index contributed by atoms with van der Waals surface area (Å²) in [5.41, 5.74) is 0. The second-order valence-electron chi connectivity index (χ2n) is 23.2. The van der Waals surface area contributed by atoms with Gasteiger partial charge in [-0.05, 0) is 70.6 Å². The number of amides is 1. The predicted molar refractivity (Wildman–Crippen MR) is 341 cm³/mol. The molecular formula is C71H127NO8. The highest BCUT2D eigenvalue weighted by Crippen LogP contribution is 2.23. The molecule has 0 saturated carbocycles. The van der Waals surface area contributed by atoms with E-state index in [0.717, 1.165) is 83.5 Å². The van der Waals surface area contributed by atoms with Crippen LogP contribution in [0.1, 0.15) is 303 Å². The van der Waals surface area contributed by atoms with E-state index in [0.29, 0.717) is 6.42 Å². The number of carbonyl (C=O) groups is 1. The zero-order valence-electron chi connectivity index (χ0n) is 51.8. The van der Waals surface area contributed by atoms with Crippen molar-refractivity contribution in [3.63, 3.8) is 0 Å². The Kier molecular flexibility index (Phi) is 56.1. The SMILES string of the molecule is CC/C=C\C/C=C\C/C=C\C/C=C\C/C=C\C/C=C\CCCCCCCCCCCCC(=O)NC(COC1OC(CO)C(O)C(O)C1O)C(O)/C=C/CCCCCCCCCCCCCCCCCCCCCCCCCCCC. The Morgan fingerprint density at radius 2 is 0.775 bits per heavy atom. The van der Waals surface area contributed by atoms with Gasteiger partial charge in [-0.15, -0.1) is 0 Å². The highest BCUT2D eigenvalue weighted by Gasteiger charge is 2.44. The fourth-order valence-electron chi connectivity index (χ4n) is 10.5. The maximum Gasteiger partial charge on any atom is 0.220 e. The number of ether oxygens (including phenoxy) is 2. The molecule has 80 heavy (non-hydrogen) atoms. The van der Waals surface area contributed by atoms with E-state index in [1.54, 1.807) is 6.08 Å². The molecule has 0 bridgehead atoms. The largest absolute Gasteiger partial charge is 0.394 e. The maximum absolute atomic E-state index is 13.1. The summed E-state index contributed by atoms with van der Waals surface area (Å²) in [6.07, 6.45) is 78.1. The predicted octanol–water partition coefficient (Wildman–Crippen LogP) is 18.1. The molecule has 0 aromatic heterocycles. The first kappa shape index (κ1) is 75.4. The van der Waals surface area contributed by atoms with Crippen molar-refractivity contribution >= 4 is 5.91 Å². The Balaban J connectivity index is 2.17. The summed E-state index contributed by atoms with van der Waals surface area (Å²) in [5.74, 6) is -0.181. The summed E-state index contributed by atoms with van der Waals surface area (Å²) in [6.45, 7) is 3.69. The van der Waals surface area contributed by atoms with E-state index >= 15 is 0 Å². The van der Waals surface area contributed by atoms with Crippen LogP contribution < -0.4 is 5.32 Å². The smallest absolute Gasteiger partial charge is 0.220 e. The van der Waals surface area contributed by atoms with E-state index in [4.69, 9.17) is 9.47 Å². The lowest BCUT2D eigenvalue weighted by atomic mass is 9.99. The fourth-order valence-corrected chi connectivity index (χ4v) is 10.5. The van der Waals surface area contributed by atoms with Crippen LogP contribution in [-0.2, 0) is 14.3 Å². The van der Waals surface area contributed by atoms with E-state index in [1.807, 2.05) is 6.08 Å². The van der Waals surface area contributed by atoms with Gasteiger partial charge in [0.2, 0.25) is 5.91 Å². The van der Waals surface area contributed by atoms with E-state index in [1.165, 1.54) is 199 Å². The molecule has 1 aliphatic rings. The number of hydrogen-bond acceptors (Lipinski definition) is 8. The first-order chi connectivity index (χ1) is 39.3. The van der Waals surface area contributed by atoms with Crippen molar-refractivity contribution in [2.45, 2.75) is 346 Å². The standard InChI is InChI=1S/C71H127NO8/c1-3-5-7-9-11-13-15-17-19-21-23-25-27-29-31-33-35-37-39-41-43-45-47-49-51-53-55-57-59-61-67(75)72-64(63-79-71-70(78)69(77)68(76)66(62-73)80-71)65(74)60-58-56-54-52-50-48-46-44-42-40-38-36-34-32-30-28-26-24-22-20-18-16-14-12-10-8-6-4-2/h5,7,11,13,17,19,23,25,29,31,35,37,58,60,64-66,68-71,73-74,76-78H,3-4,6,8-10,12,14-16,18,20-22,24,26-28,30,32-34,36,38-57,59,61-63H2,1-2H3,(H,72,75)/b7-5-,13-11-,19-17-,25-23-,31-29-,37-35-,60-58+. The topological polar surface area (TPSA) is 149 Å². The zero-order chi connectivity index (χ0) is 57.9. The first-order valence-electron chi connectivity index (χ1n) is 33.8. The van der Waals surface area contributed by atoms with Crippen molar-refractivity contribution in [2.24, 2.45) is 0 Å². The van der Waals surface area contributed by atoms with Gasteiger partial charge in [0.25, 0.3) is 0 Å². The van der Waals surface area contributed by atoms with Crippen LogP contribution in [0.3, 0.4) is 0 Å². The van der Waals surface area contributed by atoms with Gasteiger partial charge in [-0.1, -0.05) is 311 Å². The minimum atomic E-state index is -1.57. The normalized spacial score (nSPS) is 19.0. The Morgan fingerprint density at radius 1 is 0.438 bits per heavy atom. The van der Waals surface area contributed by atoms with Crippen LogP contribution in [0.15, 0.2) is 85.1 Å². The molecule has 7 atom stereocenters. The van der Waals surface area contributed by atoms with E-state index < -0.39 is 49.5 Å². The number of hydrogen-bond donors (Lipinski definition) is 6. The average Bonchev–Trinajstić information content (AvgIpc) is 3.46. The number of unbranched alkanes of at least 4 members (excludes halogenated alkanes) is 36. The second-order valence-corrected chi connectivity index (χ2v) is 23.2. The summed E-state index contributed by atoms with van der Waals surface area (Å²) in [4.78, 5) is 13.1. The van der Waals surface area contributed by atoms with Gasteiger partial charge >= 0.3 is 0 Å². The lowest BCUT2D eigenvalue weighted by molar-refractivity contribution is -0.302. The molecule has 0 aromatic rings. The molecule has 0 aliphatic carbocycles. The summed E-state index contributed by atoms with van der Waals surface area (Å²) in [5, 5.41) is 54.7. The van der Waals surface area contributed by atoms with E-state index in [-0.39, 0.29) is 12.5 Å². The van der Waals surface area contributed by atoms with Crippen LogP contribution in [-0.4, -0.2) is 87.5 Å². The summed E-state index contributed by atoms with van der Waals surface area (Å²) in [7, 11) is 0. The molecule has 1 saturated heterocycles. The molecule has 464 valence electrons. The molecule has 7 unspecified atom stereocenters. The molecule has 0 aromatic carbocycles. The molecule has 1 heterocycles. The van der Waals surface area contributed by atoms with Crippen LogP contribution in [0, 0.1) is 0 Å². The number of allylic oxidation sites excluding steroid dienone is 13. The van der Waals surface area contributed by atoms with Gasteiger partial charge in [-0.25, -0.2) is 0 Å². The van der Waals surface area contributed by atoms with Crippen LogP contribution in [0.4, 0.5) is 0 Å². The number of rotatable bonds is 58. The summed E-state index contributed by atoms with van der Waals surface area (Å²) >= 11 is 0. The van der Waals surface area contributed by atoms with Gasteiger partial charge in [0.15, 0.2) is 6.29 Å². The lowest BCUT2D eigenvalue weighted by Gasteiger charge is -2.40. The Morgan fingerprint density at radius 3 is 1.15 bits per heavy atom. The van der Waals surface area contributed by atoms with Gasteiger partial charge in [0, 0.05) is 6.42 Å². The van der Waals surface area contributed by atoms with E-state index in [9.17, 15) is 30.3 Å². The van der Waals surface area contributed by atoms with Crippen LogP contribution in [0.2, 0.25) is 0 Å². The van der Waals surface area contributed by atoms with Gasteiger partial charge < -0.3 is 40.3 Å². The van der Waals surface area contributed by atoms with Crippen LogP contribution in [0.25, 0.3) is 0 Å². The third-order valence-electron chi connectivity index (χ3n) is 15.7. The summed E-state index contributed by atoms with van der Waals surface area (Å²) < 4.78 is 11.3. The maximum atomic E-state index is 13.1. The van der Waals surface area contributed by atoms with Crippen LogP contribution in [0.5, 0.6) is 0 Å². The van der Waals surface area contributed by atoms with Crippen molar-refractivity contribution < 1.29 is 39.8 Å².